The third kappa shape index (κ3) is 3.73. The van der Waals surface area contributed by atoms with Crippen molar-refractivity contribution in [3.8, 4) is 0 Å². The molecule has 0 aliphatic carbocycles. The van der Waals surface area contributed by atoms with Crippen LogP contribution in [-0.2, 0) is 4.79 Å². The standard InChI is InChI=1S/C16H17ClN4O3/c1-10-8-14(20-24-10)19-15(22)11-3-6-21(7-4-11)16(23)12-2-5-18-13(17)9-12/h2,5,8-9,11H,3-4,6-7H2,1H3,(H,19,20,22). The number of amides is 2. The van der Waals surface area contributed by atoms with Crippen molar-refractivity contribution < 1.29 is 14.1 Å². The zero-order chi connectivity index (χ0) is 17.1. The lowest BCUT2D eigenvalue weighted by Gasteiger charge is -2.31. The van der Waals surface area contributed by atoms with E-state index in [-0.39, 0.29) is 22.9 Å². The average molecular weight is 349 g/mol. The van der Waals surface area contributed by atoms with E-state index in [1.165, 1.54) is 6.20 Å². The summed E-state index contributed by atoms with van der Waals surface area (Å²) in [7, 11) is 0. The summed E-state index contributed by atoms with van der Waals surface area (Å²) in [6.45, 7) is 2.81. The Balaban J connectivity index is 1.55. The first-order chi connectivity index (χ1) is 11.5. The molecule has 0 spiro atoms. The van der Waals surface area contributed by atoms with Crippen LogP contribution in [0.25, 0.3) is 0 Å². The van der Waals surface area contributed by atoms with Crippen LogP contribution in [0.5, 0.6) is 0 Å². The van der Waals surface area contributed by atoms with Gasteiger partial charge in [-0.15, -0.1) is 0 Å². The minimum absolute atomic E-state index is 0.0923. The van der Waals surface area contributed by atoms with E-state index in [9.17, 15) is 9.59 Å². The van der Waals surface area contributed by atoms with Crippen molar-refractivity contribution in [2.75, 3.05) is 18.4 Å². The van der Waals surface area contributed by atoms with Crippen LogP contribution in [0, 0.1) is 12.8 Å². The number of hydrogen-bond donors (Lipinski definition) is 1. The number of nitrogens with one attached hydrogen (secondary N) is 1. The first-order valence-corrected chi connectivity index (χ1v) is 8.06. The second-order valence-corrected chi connectivity index (χ2v) is 6.13. The summed E-state index contributed by atoms with van der Waals surface area (Å²) in [4.78, 5) is 30.3. The Morgan fingerprint density at radius 1 is 1.33 bits per heavy atom. The minimum atomic E-state index is -0.146. The molecule has 0 unspecified atom stereocenters. The number of halogens is 1. The number of anilines is 1. The molecule has 1 aliphatic rings. The highest BCUT2D eigenvalue weighted by Gasteiger charge is 2.28. The van der Waals surface area contributed by atoms with E-state index in [2.05, 4.69) is 15.5 Å². The van der Waals surface area contributed by atoms with Gasteiger partial charge in [-0.05, 0) is 31.9 Å². The summed E-state index contributed by atoms with van der Waals surface area (Å²) < 4.78 is 4.93. The van der Waals surface area contributed by atoms with Crippen LogP contribution in [0.4, 0.5) is 5.82 Å². The summed E-state index contributed by atoms with van der Waals surface area (Å²) in [6.07, 6.45) is 2.72. The molecule has 8 heteroatoms. The maximum atomic E-state index is 12.4. The summed E-state index contributed by atoms with van der Waals surface area (Å²) in [6, 6.07) is 4.86. The molecule has 1 saturated heterocycles. The fourth-order valence-corrected chi connectivity index (χ4v) is 2.89. The molecular formula is C16H17ClN4O3. The number of aromatic nitrogens is 2. The van der Waals surface area contributed by atoms with Gasteiger partial charge in [-0.3, -0.25) is 9.59 Å². The number of aryl methyl sites for hydroxylation is 1. The summed E-state index contributed by atoms with van der Waals surface area (Å²) in [5.74, 6) is 0.726. The molecule has 3 rings (SSSR count). The Kier molecular flexibility index (Phi) is 4.80. The van der Waals surface area contributed by atoms with Gasteiger partial charge in [0, 0.05) is 36.8 Å². The Labute approximate surface area is 144 Å². The van der Waals surface area contributed by atoms with Gasteiger partial charge in [-0.25, -0.2) is 4.98 Å². The highest BCUT2D eigenvalue weighted by atomic mass is 35.5. The first-order valence-electron chi connectivity index (χ1n) is 7.68. The van der Waals surface area contributed by atoms with E-state index in [0.717, 1.165) is 0 Å². The SMILES string of the molecule is Cc1cc(NC(=O)C2CCN(C(=O)c3ccnc(Cl)c3)CC2)no1. The molecule has 2 aromatic rings. The van der Waals surface area contributed by atoms with Gasteiger partial charge in [0.15, 0.2) is 5.82 Å². The lowest BCUT2D eigenvalue weighted by molar-refractivity contribution is -0.121. The number of carbonyl (C=O) groups excluding carboxylic acids is 2. The average Bonchev–Trinajstić information content (AvgIpc) is 2.99. The van der Waals surface area contributed by atoms with Crippen molar-refractivity contribution in [3.05, 3.63) is 40.9 Å². The largest absolute Gasteiger partial charge is 0.360 e. The maximum Gasteiger partial charge on any atom is 0.254 e. The highest BCUT2D eigenvalue weighted by Crippen LogP contribution is 2.21. The number of pyridine rings is 1. The van der Waals surface area contributed by atoms with E-state index in [1.54, 1.807) is 30.0 Å². The van der Waals surface area contributed by atoms with E-state index in [1.807, 2.05) is 0 Å². The Morgan fingerprint density at radius 2 is 2.08 bits per heavy atom. The normalized spacial score (nSPS) is 15.3. The monoisotopic (exact) mass is 348 g/mol. The van der Waals surface area contributed by atoms with Gasteiger partial charge in [-0.1, -0.05) is 16.8 Å². The number of likely N-dealkylation sites (tertiary alicyclic amines) is 1. The lowest BCUT2D eigenvalue weighted by atomic mass is 9.95. The van der Waals surface area contributed by atoms with Crippen molar-refractivity contribution in [1.29, 1.82) is 0 Å². The molecule has 1 aliphatic heterocycles. The summed E-state index contributed by atoms with van der Waals surface area (Å²) in [5.41, 5.74) is 0.510. The molecule has 0 aromatic carbocycles. The van der Waals surface area contributed by atoms with E-state index in [0.29, 0.717) is 43.1 Å². The van der Waals surface area contributed by atoms with Crippen LogP contribution in [0.1, 0.15) is 29.0 Å². The van der Waals surface area contributed by atoms with Crippen LogP contribution in [-0.4, -0.2) is 39.9 Å². The Hall–Kier alpha value is -2.41. The molecule has 0 radical (unpaired) electrons. The van der Waals surface area contributed by atoms with E-state index in [4.69, 9.17) is 16.1 Å². The maximum absolute atomic E-state index is 12.4. The van der Waals surface area contributed by atoms with Gasteiger partial charge >= 0.3 is 0 Å². The molecule has 0 saturated carbocycles. The fraction of sp³-hybridized carbons (Fsp3) is 0.375. The molecular weight excluding hydrogens is 332 g/mol. The van der Waals surface area contributed by atoms with Gasteiger partial charge in [-0.2, -0.15) is 0 Å². The predicted octanol–water partition coefficient (Wildman–Crippen LogP) is 2.52. The second-order valence-electron chi connectivity index (χ2n) is 5.75. The van der Waals surface area contributed by atoms with Crippen molar-refractivity contribution in [2.24, 2.45) is 5.92 Å². The van der Waals surface area contributed by atoms with Gasteiger partial charge in [0.05, 0.1) is 0 Å². The van der Waals surface area contributed by atoms with Crippen LogP contribution >= 0.6 is 11.6 Å². The van der Waals surface area contributed by atoms with Gasteiger partial charge < -0.3 is 14.7 Å². The van der Waals surface area contributed by atoms with E-state index < -0.39 is 0 Å². The number of rotatable bonds is 3. The molecule has 0 bridgehead atoms. The molecule has 3 heterocycles. The molecule has 0 atom stereocenters. The topological polar surface area (TPSA) is 88.3 Å². The van der Waals surface area contributed by atoms with Crippen molar-refractivity contribution in [1.82, 2.24) is 15.0 Å². The zero-order valence-corrected chi connectivity index (χ0v) is 13.9. The minimum Gasteiger partial charge on any atom is -0.360 e. The van der Waals surface area contributed by atoms with Gasteiger partial charge in [0.2, 0.25) is 5.91 Å². The highest BCUT2D eigenvalue weighted by molar-refractivity contribution is 6.29. The number of hydrogen-bond acceptors (Lipinski definition) is 5. The quantitative estimate of drug-likeness (QED) is 0.861. The molecule has 1 fully saturated rings. The predicted molar refractivity (Wildman–Crippen MR) is 87.7 cm³/mol. The molecule has 7 nitrogen and oxygen atoms in total. The smallest absolute Gasteiger partial charge is 0.254 e. The van der Waals surface area contributed by atoms with Crippen LogP contribution < -0.4 is 5.32 Å². The zero-order valence-electron chi connectivity index (χ0n) is 13.2. The van der Waals surface area contributed by atoms with E-state index >= 15 is 0 Å². The number of nitrogens with zero attached hydrogens (tertiary/aromatic N) is 3. The third-order valence-electron chi connectivity index (χ3n) is 4.01. The van der Waals surface area contributed by atoms with Crippen molar-refractivity contribution >= 4 is 29.2 Å². The first kappa shape index (κ1) is 16.4. The molecule has 2 aromatic heterocycles. The van der Waals surface area contributed by atoms with Crippen molar-refractivity contribution in [3.63, 3.8) is 0 Å². The van der Waals surface area contributed by atoms with Crippen molar-refractivity contribution in [2.45, 2.75) is 19.8 Å². The van der Waals surface area contributed by atoms with Crippen LogP contribution in [0.2, 0.25) is 5.15 Å². The number of piperidine rings is 1. The lowest BCUT2D eigenvalue weighted by Crippen LogP contribution is -2.41. The second kappa shape index (κ2) is 7.00. The van der Waals surface area contributed by atoms with Crippen LogP contribution in [0.3, 0.4) is 0 Å². The van der Waals surface area contributed by atoms with Gasteiger partial charge in [0.25, 0.3) is 5.91 Å². The Bertz CT molecular complexity index is 753. The molecule has 2 amide bonds. The number of carbonyl (C=O) groups is 2. The summed E-state index contributed by atoms with van der Waals surface area (Å²) >= 11 is 5.82. The van der Waals surface area contributed by atoms with Gasteiger partial charge in [0.1, 0.15) is 10.9 Å². The summed E-state index contributed by atoms with van der Waals surface area (Å²) in [5, 5.41) is 6.78. The molecule has 126 valence electrons. The molecule has 24 heavy (non-hydrogen) atoms. The molecule has 1 N–H and O–H groups in total. The third-order valence-corrected chi connectivity index (χ3v) is 4.21. The Morgan fingerprint density at radius 3 is 2.71 bits per heavy atom. The van der Waals surface area contributed by atoms with Crippen LogP contribution in [0.15, 0.2) is 28.9 Å². The fourth-order valence-electron chi connectivity index (χ4n) is 2.72.